The molecule has 1 nitrogen and oxygen atoms in total. The van der Waals surface area contributed by atoms with Gasteiger partial charge in [0.15, 0.2) is 0 Å². The first kappa shape index (κ1) is 19.1. The molecule has 3 rings (SSSR count). The highest BCUT2D eigenvalue weighted by atomic mass is 14.7. The zero-order valence-corrected chi connectivity index (χ0v) is 16.8. The molecule has 0 N–H and O–H groups in total. The van der Waals surface area contributed by atoms with Crippen molar-refractivity contribution in [1.29, 1.82) is 0 Å². The number of aromatic nitrogens is 1. The zero-order chi connectivity index (χ0) is 18.2. The molecule has 1 aromatic heterocycles. The first-order valence-electron chi connectivity index (χ1n) is 10.9. The van der Waals surface area contributed by atoms with Gasteiger partial charge in [0.2, 0.25) is 0 Å². The number of benzene rings is 1. The van der Waals surface area contributed by atoms with Gasteiger partial charge in [0.25, 0.3) is 0 Å². The normalized spacial score (nSPS) is 16.5. The predicted octanol–water partition coefficient (Wildman–Crippen LogP) is 7.17. The average molecular weight is 350 g/mol. The molecule has 0 bridgehead atoms. The van der Waals surface area contributed by atoms with E-state index in [2.05, 4.69) is 50.2 Å². The van der Waals surface area contributed by atoms with Crippen LogP contribution in [0.5, 0.6) is 0 Å². The van der Waals surface area contributed by atoms with Crippen molar-refractivity contribution >= 4 is 0 Å². The van der Waals surface area contributed by atoms with E-state index in [0.29, 0.717) is 0 Å². The van der Waals surface area contributed by atoms with Crippen molar-refractivity contribution < 1.29 is 0 Å². The summed E-state index contributed by atoms with van der Waals surface area (Å²) in [4.78, 5) is 5.02. The lowest BCUT2D eigenvalue weighted by Gasteiger charge is -2.24. The standard InChI is InChI=1S/C25H35N/c1-3-5-7-9-20-11-14-22(15-12-20)24-18-16-23-19-21(10-8-6-4-2)13-17-25(23)26-24/h11-12,14-16,18,21H,3-10,13,17,19H2,1-2H3. The Morgan fingerprint density at radius 3 is 2.42 bits per heavy atom. The van der Waals surface area contributed by atoms with Crippen LogP contribution in [0.3, 0.4) is 0 Å². The third kappa shape index (κ3) is 5.19. The Labute approximate surface area is 160 Å². The van der Waals surface area contributed by atoms with Crippen molar-refractivity contribution in [2.45, 2.75) is 84.5 Å². The van der Waals surface area contributed by atoms with Gasteiger partial charge in [0.05, 0.1) is 5.69 Å². The average Bonchev–Trinajstić information content (AvgIpc) is 2.68. The Hall–Kier alpha value is -1.63. The van der Waals surface area contributed by atoms with Gasteiger partial charge in [-0.05, 0) is 55.2 Å². The van der Waals surface area contributed by atoms with Gasteiger partial charge >= 0.3 is 0 Å². The fourth-order valence-electron chi connectivity index (χ4n) is 4.20. The molecule has 1 heteroatoms. The molecule has 0 aliphatic heterocycles. The lowest BCUT2D eigenvalue weighted by molar-refractivity contribution is 0.404. The molecule has 1 aliphatic carbocycles. The number of pyridine rings is 1. The van der Waals surface area contributed by atoms with E-state index in [1.54, 1.807) is 0 Å². The first-order valence-corrected chi connectivity index (χ1v) is 10.9. The molecule has 1 unspecified atom stereocenters. The molecule has 0 spiro atoms. The second-order valence-corrected chi connectivity index (χ2v) is 8.06. The van der Waals surface area contributed by atoms with Crippen molar-refractivity contribution in [3.63, 3.8) is 0 Å². The van der Waals surface area contributed by atoms with Gasteiger partial charge in [-0.2, -0.15) is 0 Å². The second-order valence-electron chi connectivity index (χ2n) is 8.06. The van der Waals surface area contributed by atoms with E-state index < -0.39 is 0 Å². The highest BCUT2D eigenvalue weighted by Crippen LogP contribution is 2.30. The number of aryl methyl sites for hydroxylation is 2. The molecule has 0 amide bonds. The molecule has 1 heterocycles. The van der Waals surface area contributed by atoms with Crippen molar-refractivity contribution in [2.24, 2.45) is 5.92 Å². The zero-order valence-electron chi connectivity index (χ0n) is 16.8. The van der Waals surface area contributed by atoms with E-state index >= 15 is 0 Å². The summed E-state index contributed by atoms with van der Waals surface area (Å²) in [6.45, 7) is 4.55. The number of hydrogen-bond acceptors (Lipinski definition) is 1. The molecule has 0 saturated carbocycles. The fourth-order valence-corrected chi connectivity index (χ4v) is 4.20. The van der Waals surface area contributed by atoms with Crippen molar-refractivity contribution in [3.8, 4) is 11.3 Å². The Balaban J connectivity index is 1.62. The molecule has 26 heavy (non-hydrogen) atoms. The monoisotopic (exact) mass is 349 g/mol. The number of nitrogens with zero attached hydrogens (tertiary/aromatic N) is 1. The summed E-state index contributed by atoms with van der Waals surface area (Å²) in [5.41, 5.74) is 6.71. The number of hydrogen-bond donors (Lipinski definition) is 0. The van der Waals surface area contributed by atoms with E-state index in [4.69, 9.17) is 4.98 Å². The largest absolute Gasteiger partial charge is 0.253 e. The summed E-state index contributed by atoms with van der Waals surface area (Å²) in [6, 6.07) is 13.7. The van der Waals surface area contributed by atoms with Gasteiger partial charge in [0, 0.05) is 11.3 Å². The second kappa shape index (κ2) is 9.90. The van der Waals surface area contributed by atoms with Crippen molar-refractivity contribution in [3.05, 3.63) is 53.2 Å². The minimum Gasteiger partial charge on any atom is -0.253 e. The highest BCUT2D eigenvalue weighted by Gasteiger charge is 2.19. The molecular formula is C25H35N. The van der Waals surface area contributed by atoms with Crippen LogP contribution in [0.4, 0.5) is 0 Å². The summed E-state index contributed by atoms with van der Waals surface area (Å²) >= 11 is 0. The maximum Gasteiger partial charge on any atom is 0.0705 e. The predicted molar refractivity (Wildman–Crippen MR) is 113 cm³/mol. The van der Waals surface area contributed by atoms with Gasteiger partial charge in [0.1, 0.15) is 0 Å². The fraction of sp³-hybridized carbons (Fsp3) is 0.560. The van der Waals surface area contributed by atoms with E-state index in [9.17, 15) is 0 Å². The lowest BCUT2D eigenvalue weighted by Crippen LogP contribution is -2.15. The Kier molecular flexibility index (Phi) is 7.29. The van der Waals surface area contributed by atoms with Crippen LogP contribution in [0.2, 0.25) is 0 Å². The molecule has 0 saturated heterocycles. The Morgan fingerprint density at radius 1 is 0.885 bits per heavy atom. The summed E-state index contributed by atoms with van der Waals surface area (Å²) in [6.07, 6.45) is 14.3. The molecule has 1 aromatic carbocycles. The van der Waals surface area contributed by atoms with Crippen LogP contribution in [-0.4, -0.2) is 4.98 Å². The maximum atomic E-state index is 5.02. The van der Waals surface area contributed by atoms with Gasteiger partial charge in [-0.25, -0.2) is 0 Å². The van der Waals surface area contributed by atoms with Gasteiger partial charge < -0.3 is 0 Å². The summed E-state index contributed by atoms with van der Waals surface area (Å²) in [5.74, 6) is 0.879. The van der Waals surface area contributed by atoms with Crippen LogP contribution >= 0.6 is 0 Å². The molecule has 2 aromatic rings. The minimum atomic E-state index is 0.879. The maximum absolute atomic E-state index is 5.02. The van der Waals surface area contributed by atoms with Crippen LogP contribution in [0, 0.1) is 5.92 Å². The van der Waals surface area contributed by atoms with Crippen LogP contribution < -0.4 is 0 Å². The van der Waals surface area contributed by atoms with Crippen LogP contribution in [0.15, 0.2) is 36.4 Å². The summed E-state index contributed by atoms with van der Waals surface area (Å²) in [7, 11) is 0. The quantitative estimate of drug-likeness (QED) is 0.437. The minimum absolute atomic E-state index is 0.879. The molecule has 140 valence electrons. The Morgan fingerprint density at radius 2 is 1.65 bits per heavy atom. The number of fused-ring (bicyclic) bond motifs is 1. The first-order chi connectivity index (χ1) is 12.8. The summed E-state index contributed by atoms with van der Waals surface area (Å²) in [5, 5.41) is 0. The topological polar surface area (TPSA) is 12.9 Å². The molecule has 0 fully saturated rings. The lowest BCUT2D eigenvalue weighted by atomic mass is 9.83. The highest BCUT2D eigenvalue weighted by molar-refractivity contribution is 5.60. The van der Waals surface area contributed by atoms with Gasteiger partial charge in [-0.1, -0.05) is 82.7 Å². The smallest absolute Gasteiger partial charge is 0.0705 e. The number of rotatable bonds is 9. The van der Waals surface area contributed by atoms with Crippen molar-refractivity contribution in [2.75, 3.05) is 0 Å². The SMILES string of the molecule is CCCCCc1ccc(-c2ccc3c(n2)CCC(CCCCC)C3)cc1. The van der Waals surface area contributed by atoms with Gasteiger partial charge in [-0.3, -0.25) is 4.98 Å². The van der Waals surface area contributed by atoms with E-state index in [0.717, 1.165) is 18.0 Å². The molecule has 1 atom stereocenters. The van der Waals surface area contributed by atoms with E-state index in [1.807, 2.05) is 0 Å². The molecule has 1 aliphatic rings. The molecule has 0 radical (unpaired) electrons. The van der Waals surface area contributed by atoms with Gasteiger partial charge in [-0.15, -0.1) is 0 Å². The third-order valence-corrected chi connectivity index (χ3v) is 5.90. The van der Waals surface area contributed by atoms with Crippen molar-refractivity contribution in [1.82, 2.24) is 4.98 Å². The third-order valence-electron chi connectivity index (χ3n) is 5.90. The van der Waals surface area contributed by atoms with Crippen LogP contribution in [0.1, 0.15) is 82.0 Å². The van der Waals surface area contributed by atoms with Crippen LogP contribution in [-0.2, 0) is 19.3 Å². The summed E-state index contributed by atoms with van der Waals surface area (Å²) < 4.78 is 0. The number of unbranched alkanes of at least 4 members (excludes halogenated alkanes) is 4. The van der Waals surface area contributed by atoms with E-state index in [1.165, 1.54) is 86.6 Å². The van der Waals surface area contributed by atoms with E-state index in [-0.39, 0.29) is 0 Å². The molecular weight excluding hydrogens is 314 g/mol. The Bertz CT molecular complexity index is 671. The van der Waals surface area contributed by atoms with Crippen LogP contribution in [0.25, 0.3) is 11.3 Å².